The normalized spacial score (nSPS) is 9.87. The van der Waals surface area contributed by atoms with E-state index in [1.807, 2.05) is 24.3 Å². The maximum atomic E-state index is 12.5. The van der Waals surface area contributed by atoms with Crippen molar-refractivity contribution in [3.05, 3.63) is 51.6 Å². The molecule has 0 saturated heterocycles. The quantitative estimate of drug-likeness (QED) is 0.562. The number of nitrogens with one attached hydrogen (secondary N) is 2. The van der Waals surface area contributed by atoms with Crippen molar-refractivity contribution in [3.63, 3.8) is 0 Å². The fraction of sp³-hybridized carbons (Fsp3) is 0.125. The Balaban J connectivity index is 2.16. The molecule has 2 aromatic carbocycles. The number of methoxy groups -OCH3 is 2. The molecule has 0 bridgehead atoms. The van der Waals surface area contributed by atoms with Crippen molar-refractivity contribution < 1.29 is 14.3 Å². The average molecular weight is 442 g/mol. The predicted molar refractivity (Wildman–Crippen MR) is 102 cm³/mol. The summed E-state index contributed by atoms with van der Waals surface area (Å²) in [5.41, 5.74) is 1.12. The van der Waals surface area contributed by atoms with Crippen LogP contribution in [0.1, 0.15) is 10.4 Å². The Kier molecular flexibility index (Phi) is 6.17. The van der Waals surface area contributed by atoms with Crippen molar-refractivity contribution in [1.82, 2.24) is 5.32 Å². The molecule has 0 atom stereocenters. The first-order valence-corrected chi connectivity index (χ1v) is 8.13. The monoisotopic (exact) mass is 442 g/mol. The molecule has 120 valence electrons. The van der Waals surface area contributed by atoms with E-state index in [1.165, 1.54) is 14.2 Å². The second kappa shape index (κ2) is 8.11. The number of ether oxygens (including phenoxy) is 2. The minimum Gasteiger partial charge on any atom is -0.496 e. The van der Waals surface area contributed by atoms with Gasteiger partial charge in [0.15, 0.2) is 5.11 Å². The summed E-state index contributed by atoms with van der Waals surface area (Å²) in [4.78, 5) is 12.5. The van der Waals surface area contributed by atoms with Crippen LogP contribution in [0.5, 0.6) is 11.5 Å². The van der Waals surface area contributed by atoms with Crippen LogP contribution in [-0.4, -0.2) is 25.2 Å². The molecule has 2 N–H and O–H groups in total. The van der Waals surface area contributed by atoms with E-state index in [2.05, 4.69) is 33.2 Å². The molecule has 0 aromatic heterocycles. The highest BCUT2D eigenvalue weighted by Gasteiger charge is 2.19. The number of para-hydroxylation sites is 1. The SMILES string of the molecule is COc1cccc(OC)c1C(=O)NC(=S)Nc1ccccc1I. The second-order valence-electron chi connectivity index (χ2n) is 4.43. The lowest BCUT2D eigenvalue weighted by atomic mass is 10.1. The molecule has 0 unspecified atom stereocenters. The van der Waals surface area contributed by atoms with Gasteiger partial charge in [-0.3, -0.25) is 10.1 Å². The highest BCUT2D eigenvalue weighted by atomic mass is 127. The molecule has 0 aliphatic heterocycles. The number of rotatable bonds is 4. The average Bonchev–Trinajstić information content (AvgIpc) is 2.55. The van der Waals surface area contributed by atoms with Gasteiger partial charge in [0, 0.05) is 3.57 Å². The maximum Gasteiger partial charge on any atom is 0.264 e. The van der Waals surface area contributed by atoms with Crippen LogP contribution >= 0.6 is 34.8 Å². The van der Waals surface area contributed by atoms with Crippen molar-refractivity contribution >= 4 is 51.5 Å². The van der Waals surface area contributed by atoms with Crippen LogP contribution in [0.25, 0.3) is 0 Å². The number of amides is 1. The summed E-state index contributed by atoms with van der Waals surface area (Å²) < 4.78 is 11.4. The van der Waals surface area contributed by atoms with Crippen molar-refractivity contribution in [2.24, 2.45) is 0 Å². The summed E-state index contributed by atoms with van der Waals surface area (Å²) in [7, 11) is 2.99. The van der Waals surface area contributed by atoms with Gasteiger partial charge in [0.2, 0.25) is 0 Å². The van der Waals surface area contributed by atoms with Crippen LogP contribution in [0.2, 0.25) is 0 Å². The third kappa shape index (κ3) is 4.32. The van der Waals surface area contributed by atoms with Crippen molar-refractivity contribution in [3.8, 4) is 11.5 Å². The highest BCUT2D eigenvalue weighted by molar-refractivity contribution is 14.1. The molecule has 0 saturated carbocycles. The molecule has 7 heteroatoms. The van der Waals surface area contributed by atoms with Crippen LogP contribution in [0, 0.1) is 3.57 Å². The molecular formula is C16H15IN2O3S. The number of anilines is 1. The van der Waals surface area contributed by atoms with E-state index < -0.39 is 5.91 Å². The van der Waals surface area contributed by atoms with Gasteiger partial charge in [0.25, 0.3) is 5.91 Å². The first kappa shape index (κ1) is 17.5. The molecule has 1 amide bonds. The maximum absolute atomic E-state index is 12.5. The molecule has 0 fully saturated rings. The summed E-state index contributed by atoms with van der Waals surface area (Å²) in [6.45, 7) is 0. The number of benzene rings is 2. The van der Waals surface area contributed by atoms with E-state index >= 15 is 0 Å². The van der Waals surface area contributed by atoms with Crippen LogP contribution in [0.4, 0.5) is 5.69 Å². The van der Waals surface area contributed by atoms with Gasteiger partial charge in [-0.1, -0.05) is 18.2 Å². The lowest BCUT2D eigenvalue weighted by Gasteiger charge is -2.14. The number of carbonyl (C=O) groups excluding carboxylic acids is 1. The van der Waals surface area contributed by atoms with E-state index in [1.54, 1.807) is 18.2 Å². The largest absolute Gasteiger partial charge is 0.496 e. The number of carbonyl (C=O) groups is 1. The molecule has 0 aliphatic carbocycles. The Bertz CT molecular complexity index is 715. The molecular weight excluding hydrogens is 427 g/mol. The topological polar surface area (TPSA) is 59.6 Å². The van der Waals surface area contributed by atoms with Crippen molar-refractivity contribution in [2.45, 2.75) is 0 Å². The standard InChI is InChI=1S/C16H15IN2O3S/c1-21-12-8-5-9-13(22-2)14(12)15(20)19-16(23)18-11-7-4-3-6-10(11)17/h3-9H,1-2H3,(H2,18,19,20,23). The minimum absolute atomic E-state index is 0.201. The fourth-order valence-electron chi connectivity index (χ4n) is 1.96. The second-order valence-corrected chi connectivity index (χ2v) is 6.00. The first-order chi connectivity index (χ1) is 11.1. The van der Waals surface area contributed by atoms with Gasteiger partial charge in [-0.05, 0) is 59.1 Å². The van der Waals surface area contributed by atoms with Crippen LogP contribution in [0.3, 0.4) is 0 Å². The van der Waals surface area contributed by atoms with E-state index in [0.717, 1.165) is 9.26 Å². The zero-order valence-electron chi connectivity index (χ0n) is 12.6. The zero-order chi connectivity index (χ0) is 16.8. The van der Waals surface area contributed by atoms with Crippen molar-refractivity contribution in [2.75, 3.05) is 19.5 Å². The number of hydrogen-bond acceptors (Lipinski definition) is 4. The third-order valence-corrected chi connectivity index (χ3v) is 4.15. The zero-order valence-corrected chi connectivity index (χ0v) is 15.5. The van der Waals surface area contributed by atoms with Gasteiger partial charge in [0.1, 0.15) is 17.1 Å². The molecule has 5 nitrogen and oxygen atoms in total. The summed E-state index contributed by atoms with van der Waals surface area (Å²) in [6.07, 6.45) is 0. The Morgan fingerprint density at radius 3 is 2.22 bits per heavy atom. The van der Waals surface area contributed by atoms with Crippen LogP contribution in [0.15, 0.2) is 42.5 Å². The Labute approximate surface area is 153 Å². The van der Waals surface area contributed by atoms with E-state index in [-0.39, 0.29) is 5.11 Å². The van der Waals surface area contributed by atoms with E-state index in [0.29, 0.717) is 17.1 Å². The number of hydrogen-bond donors (Lipinski definition) is 2. The molecule has 0 spiro atoms. The minimum atomic E-state index is -0.400. The smallest absolute Gasteiger partial charge is 0.264 e. The summed E-state index contributed by atoms with van der Waals surface area (Å²) in [5.74, 6) is 0.431. The summed E-state index contributed by atoms with van der Waals surface area (Å²) in [6, 6.07) is 12.8. The van der Waals surface area contributed by atoms with Crippen LogP contribution in [-0.2, 0) is 0 Å². The third-order valence-electron chi connectivity index (χ3n) is 3.00. The molecule has 0 aliphatic rings. The molecule has 2 rings (SSSR count). The molecule has 0 radical (unpaired) electrons. The number of halogens is 1. The fourth-order valence-corrected chi connectivity index (χ4v) is 2.68. The van der Waals surface area contributed by atoms with Crippen LogP contribution < -0.4 is 20.1 Å². The Morgan fingerprint density at radius 2 is 1.65 bits per heavy atom. The lowest BCUT2D eigenvalue weighted by molar-refractivity contribution is 0.0971. The van der Waals surface area contributed by atoms with Crippen molar-refractivity contribution in [1.29, 1.82) is 0 Å². The van der Waals surface area contributed by atoms with Gasteiger partial charge >= 0.3 is 0 Å². The summed E-state index contributed by atoms with van der Waals surface area (Å²) in [5, 5.41) is 5.84. The number of thiocarbonyl (C=S) groups is 1. The van der Waals surface area contributed by atoms with Gasteiger partial charge in [-0.25, -0.2) is 0 Å². The Morgan fingerprint density at radius 1 is 1.04 bits per heavy atom. The lowest BCUT2D eigenvalue weighted by Crippen LogP contribution is -2.34. The summed E-state index contributed by atoms with van der Waals surface area (Å²) >= 11 is 7.39. The molecule has 23 heavy (non-hydrogen) atoms. The first-order valence-electron chi connectivity index (χ1n) is 6.64. The molecule has 2 aromatic rings. The van der Waals surface area contributed by atoms with Gasteiger partial charge in [-0.2, -0.15) is 0 Å². The van der Waals surface area contributed by atoms with E-state index in [4.69, 9.17) is 21.7 Å². The van der Waals surface area contributed by atoms with Gasteiger partial charge in [0.05, 0.1) is 19.9 Å². The highest BCUT2D eigenvalue weighted by Crippen LogP contribution is 2.28. The molecule has 0 heterocycles. The van der Waals surface area contributed by atoms with E-state index in [9.17, 15) is 4.79 Å². The van der Waals surface area contributed by atoms with Gasteiger partial charge in [-0.15, -0.1) is 0 Å². The predicted octanol–water partition coefficient (Wildman–Crippen LogP) is 3.44. The van der Waals surface area contributed by atoms with Gasteiger partial charge < -0.3 is 14.8 Å². The Hall–Kier alpha value is -1.87.